The van der Waals surface area contributed by atoms with Gasteiger partial charge < -0.3 is 0 Å². The molecule has 0 aromatic carbocycles. The minimum Gasteiger partial charge on any atom is -0.273 e. The maximum atomic E-state index is 11.6. The van der Waals surface area contributed by atoms with Gasteiger partial charge in [-0.2, -0.15) is 0 Å². The van der Waals surface area contributed by atoms with E-state index in [1.807, 2.05) is 11.4 Å². The van der Waals surface area contributed by atoms with Crippen LogP contribution in [0.3, 0.4) is 0 Å². The van der Waals surface area contributed by atoms with Crippen molar-refractivity contribution in [3.05, 3.63) is 22.4 Å². The molecule has 0 radical (unpaired) electrons. The fourth-order valence-corrected chi connectivity index (χ4v) is 2.87. The van der Waals surface area contributed by atoms with Gasteiger partial charge in [0, 0.05) is 6.42 Å². The van der Waals surface area contributed by atoms with Gasteiger partial charge in [0.05, 0.1) is 4.88 Å². The van der Waals surface area contributed by atoms with Crippen LogP contribution in [0, 0.1) is 0 Å². The Morgan fingerprint density at radius 2 is 1.59 bits per heavy atom. The van der Waals surface area contributed by atoms with E-state index in [4.69, 9.17) is 0 Å². The van der Waals surface area contributed by atoms with E-state index in [2.05, 4.69) is 17.8 Å². The Morgan fingerprint density at radius 3 is 2.18 bits per heavy atom. The predicted molar refractivity (Wildman–Crippen MR) is 91.8 cm³/mol. The monoisotopic (exact) mass is 324 g/mol. The molecule has 1 aromatic heterocycles. The van der Waals surface area contributed by atoms with E-state index >= 15 is 0 Å². The molecule has 0 atom stereocenters. The van der Waals surface area contributed by atoms with Crippen molar-refractivity contribution in [2.45, 2.75) is 71.1 Å². The number of rotatable bonds is 11. The number of amides is 2. The summed E-state index contributed by atoms with van der Waals surface area (Å²) < 4.78 is 0. The standard InChI is InChI=1S/C17H28N2O2S/c1-2-3-4-5-6-7-8-9-10-13-16(20)18-19-17(21)15-12-11-14-22-15/h11-12,14H,2-10,13H2,1H3,(H,18,20)(H,19,21). The first-order valence-electron chi connectivity index (χ1n) is 8.36. The zero-order valence-corrected chi connectivity index (χ0v) is 14.3. The summed E-state index contributed by atoms with van der Waals surface area (Å²) in [6, 6.07) is 3.54. The third-order valence-electron chi connectivity index (χ3n) is 3.57. The molecule has 0 fully saturated rings. The lowest BCUT2D eigenvalue weighted by molar-refractivity contribution is -0.121. The molecule has 2 N–H and O–H groups in total. The third kappa shape index (κ3) is 8.82. The molecule has 0 bridgehead atoms. The van der Waals surface area contributed by atoms with E-state index in [1.54, 1.807) is 6.07 Å². The van der Waals surface area contributed by atoms with Gasteiger partial charge in [-0.05, 0) is 17.9 Å². The van der Waals surface area contributed by atoms with Crippen molar-refractivity contribution in [3.8, 4) is 0 Å². The lowest BCUT2D eigenvalue weighted by atomic mass is 10.1. The second-order valence-corrected chi connectivity index (χ2v) is 6.51. The van der Waals surface area contributed by atoms with Crippen LogP contribution in [0.4, 0.5) is 0 Å². The zero-order valence-electron chi connectivity index (χ0n) is 13.5. The smallest absolute Gasteiger partial charge is 0.273 e. The van der Waals surface area contributed by atoms with Gasteiger partial charge in [-0.25, -0.2) is 0 Å². The van der Waals surface area contributed by atoms with Crippen molar-refractivity contribution in [2.24, 2.45) is 0 Å². The van der Waals surface area contributed by atoms with Crippen LogP contribution in [0.2, 0.25) is 0 Å². The summed E-state index contributed by atoms with van der Waals surface area (Å²) >= 11 is 1.35. The van der Waals surface area contributed by atoms with Crippen LogP contribution >= 0.6 is 11.3 Å². The Bertz CT molecular complexity index is 418. The minimum absolute atomic E-state index is 0.118. The summed E-state index contributed by atoms with van der Waals surface area (Å²) in [6.45, 7) is 2.23. The largest absolute Gasteiger partial charge is 0.279 e. The highest BCUT2D eigenvalue weighted by molar-refractivity contribution is 7.12. The highest BCUT2D eigenvalue weighted by Crippen LogP contribution is 2.10. The summed E-state index contributed by atoms with van der Waals surface area (Å²) in [5.74, 6) is -0.372. The fraction of sp³-hybridized carbons (Fsp3) is 0.647. The van der Waals surface area contributed by atoms with Crippen LogP contribution < -0.4 is 10.9 Å². The zero-order chi connectivity index (χ0) is 16.0. The number of carbonyl (C=O) groups is 2. The van der Waals surface area contributed by atoms with Gasteiger partial charge in [0.1, 0.15) is 0 Å². The summed E-state index contributed by atoms with van der Waals surface area (Å²) in [7, 11) is 0. The minimum atomic E-state index is -0.254. The Morgan fingerprint density at radius 1 is 0.955 bits per heavy atom. The molecule has 1 aromatic rings. The van der Waals surface area contributed by atoms with Crippen molar-refractivity contribution in [1.29, 1.82) is 0 Å². The van der Waals surface area contributed by atoms with Crippen molar-refractivity contribution < 1.29 is 9.59 Å². The summed E-state index contributed by atoms with van der Waals surface area (Å²) in [6.07, 6.45) is 11.5. The van der Waals surface area contributed by atoms with E-state index in [1.165, 1.54) is 56.3 Å². The third-order valence-corrected chi connectivity index (χ3v) is 4.44. The summed E-state index contributed by atoms with van der Waals surface area (Å²) in [4.78, 5) is 23.8. The maximum absolute atomic E-state index is 11.6. The lowest BCUT2D eigenvalue weighted by Crippen LogP contribution is -2.41. The van der Waals surface area contributed by atoms with Crippen LogP contribution in [0.15, 0.2) is 17.5 Å². The van der Waals surface area contributed by atoms with Crippen LogP contribution in [0.1, 0.15) is 80.8 Å². The van der Waals surface area contributed by atoms with Crippen LogP contribution in [0.5, 0.6) is 0 Å². The number of hydrogen-bond donors (Lipinski definition) is 2. The molecule has 2 amide bonds. The molecule has 0 saturated heterocycles. The number of carbonyl (C=O) groups excluding carboxylic acids is 2. The molecule has 5 heteroatoms. The molecule has 22 heavy (non-hydrogen) atoms. The topological polar surface area (TPSA) is 58.2 Å². The molecule has 4 nitrogen and oxygen atoms in total. The second kappa shape index (κ2) is 12.2. The average Bonchev–Trinajstić information content (AvgIpc) is 3.05. The Labute approximate surface area is 137 Å². The quantitative estimate of drug-likeness (QED) is 0.467. The van der Waals surface area contributed by atoms with Crippen LogP contribution in [0.25, 0.3) is 0 Å². The van der Waals surface area contributed by atoms with Gasteiger partial charge in [-0.15, -0.1) is 11.3 Å². The van der Waals surface area contributed by atoms with Crippen LogP contribution in [-0.2, 0) is 4.79 Å². The first-order valence-corrected chi connectivity index (χ1v) is 9.24. The number of hydrazine groups is 1. The highest BCUT2D eigenvalue weighted by Gasteiger charge is 2.07. The molecule has 0 unspecified atom stereocenters. The predicted octanol–water partition coefficient (Wildman–Crippen LogP) is 4.43. The normalized spacial score (nSPS) is 10.4. The maximum Gasteiger partial charge on any atom is 0.279 e. The van der Waals surface area contributed by atoms with E-state index in [-0.39, 0.29) is 11.8 Å². The molecule has 0 aliphatic rings. The van der Waals surface area contributed by atoms with E-state index < -0.39 is 0 Å². The molecule has 124 valence electrons. The van der Waals surface area contributed by atoms with Crippen LogP contribution in [-0.4, -0.2) is 11.8 Å². The molecule has 1 heterocycles. The number of hydrogen-bond acceptors (Lipinski definition) is 3. The Kier molecular flexibility index (Phi) is 10.4. The van der Waals surface area contributed by atoms with E-state index in [9.17, 15) is 9.59 Å². The number of unbranched alkanes of at least 4 members (excludes halogenated alkanes) is 8. The van der Waals surface area contributed by atoms with Crippen molar-refractivity contribution in [3.63, 3.8) is 0 Å². The van der Waals surface area contributed by atoms with Gasteiger partial charge in [0.15, 0.2) is 0 Å². The van der Waals surface area contributed by atoms with Crippen molar-refractivity contribution in [2.75, 3.05) is 0 Å². The number of thiophene rings is 1. The van der Waals surface area contributed by atoms with Crippen molar-refractivity contribution >= 4 is 23.2 Å². The van der Waals surface area contributed by atoms with E-state index in [0.717, 1.165) is 12.8 Å². The second-order valence-electron chi connectivity index (χ2n) is 5.56. The first-order chi connectivity index (χ1) is 10.7. The molecule has 0 saturated carbocycles. The Balaban J connectivity index is 1.92. The summed E-state index contributed by atoms with van der Waals surface area (Å²) in [5, 5.41) is 1.83. The average molecular weight is 324 g/mol. The van der Waals surface area contributed by atoms with Gasteiger partial charge in [-0.3, -0.25) is 20.4 Å². The lowest BCUT2D eigenvalue weighted by Gasteiger charge is -2.06. The van der Waals surface area contributed by atoms with Gasteiger partial charge in [-0.1, -0.05) is 64.4 Å². The SMILES string of the molecule is CCCCCCCCCCCC(=O)NNC(=O)c1cccs1. The van der Waals surface area contributed by atoms with Gasteiger partial charge in [0.2, 0.25) is 5.91 Å². The molecular weight excluding hydrogens is 296 g/mol. The summed E-state index contributed by atoms with van der Waals surface area (Å²) in [5.41, 5.74) is 4.90. The number of nitrogens with one attached hydrogen (secondary N) is 2. The molecule has 0 aliphatic carbocycles. The fourth-order valence-electron chi connectivity index (χ4n) is 2.25. The van der Waals surface area contributed by atoms with Gasteiger partial charge >= 0.3 is 0 Å². The molecular formula is C17H28N2O2S. The molecule has 1 rings (SSSR count). The Hall–Kier alpha value is -1.36. The van der Waals surface area contributed by atoms with Gasteiger partial charge in [0.25, 0.3) is 5.91 Å². The first kappa shape index (κ1) is 18.7. The molecule has 0 aliphatic heterocycles. The molecule has 0 spiro atoms. The van der Waals surface area contributed by atoms with Crippen molar-refractivity contribution in [1.82, 2.24) is 10.9 Å². The van der Waals surface area contributed by atoms with E-state index in [0.29, 0.717) is 11.3 Å². The highest BCUT2D eigenvalue weighted by atomic mass is 32.1.